The minimum atomic E-state index is -0.100. The highest BCUT2D eigenvalue weighted by Crippen LogP contribution is 2.15. The fourth-order valence-corrected chi connectivity index (χ4v) is 2.21. The third-order valence-electron chi connectivity index (χ3n) is 3.67. The van der Waals surface area contributed by atoms with Crippen molar-refractivity contribution in [3.63, 3.8) is 0 Å². The number of amides is 1. The predicted molar refractivity (Wildman–Crippen MR) is 84.3 cm³/mol. The summed E-state index contributed by atoms with van der Waals surface area (Å²) >= 11 is 0. The number of rotatable bonds is 7. The van der Waals surface area contributed by atoms with Crippen LogP contribution in [0, 0.1) is 5.92 Å². The highest BCUT2D eigenvalue weighted by molar-refractivity contribution is 5.94. The van der Waals surface area contributed by atoms with Gasteiger partial charge in [0.05, 0.1) is 0 Å². The molecule has 0 spiro atoms. The summed E-state index contributed by atoms with van der Waals surface area (Å²) in [6, 6.07) is 7.23. The molecule has 22 heavy (non-hydrogen) atoms. The van der Waals surface area contributed by atoms with E-state index in [0.717, 1.165) is 12.0 Å². The number of aliphatic hydroxyl groups excluding tert-OH is 1. The Hall–Kier alpha value is -2.21. The number of nitrogens with one attached hydrogen (secondary N) is 1. The maximum absolute atomic E-state index is 12.1. The molecule has 118 valence electrons. The van der Waals surface area contributed by atoms with Crippen LogP contribution in [0.5, 0.6) is 0 Å². The molecule has 1 unspecified atom stereocenters. The first kappa shape index (κ1) is 16.2. The maximum atomic E-state index is 12.1. The summed E-state index contributed by atoms with van der Waals surface area (Å²) in [5.74, 6) is 0.853. The van der Waals surface area contributed by atoms with Crippen LogP contribution in [0.3, 0.4) is 0 Å². The molecule has 1 amide bonds. The summed E-state index contributed by atoms with van der Waals surface area (Å²) in [5, 5.41) is 16.1. The summed E-state index contributed by atoms with van der Waals surface area (Å²) in [6.45, 7) is 2.79. The molecular formula is C16H22N4O2. The molecule has 2 aromatic rings. The monoisotopic (exact) mass is 302 g/mol. The van der Waals surface area contributed by atoms with Crippen LogP contribution < -0.4 is 5.32 Å². The lowest BCUT2D eigenvalue weighted by molar-refractivity contribution is 0.0943. The van der Waals surface area contributed by atoms with E-state index in [1.807, 2.05) is 19.2 Å². The van der Waals surface area contributed by atoms with Gasteiger partial charge in [-0.1, -0.05) is 25.5 Å². The summed E-state index contributed by atoms with van der Waals surface area (Å²) in [6.07, 6.45) is 3.29. The van der Waals surface area contributed by atoms with Crippen LogP contribution in [0.4, 0.5) is 0 Å². The van der Waals surface area contributed by atoms with E-state index in [1.165, 1.54) is 0 Å². The second kappa shape index (κ2) is 7.70. The van der Waals surface area contributed by atoms with Gasteiger partial charge in [-0.3, -0.25) is 9.48 Å². The standard InChI is InChI=1S/C16H22N4O2/c1-3-12(8-9-21)10-17-16(22)14-6-4-13(5-7-14)15-18-11-20(2)19-15/h4-7,11-12,21H,3,8-10H2,1-2H3,(H,17,22). The Labute approximate surface area is 130 Å². The van der Waals surface area contributed by atoms with Crippen molar-refractivity contribution < 1.29 is 9.90 Å². The molecule has 0 aliphatic rings. The van der Waals surface area contributed by atoms with Gasteiger partial charge in [-0.15, -0.1) is 0 Å². The molecule has 1 aromatic heterocycles. The SMILES string of the molecule is CCC(CCO)CNC(=O)c1ccc(-c2ncn(C)n2)cc1. The molecule has 0 aliphatic carbocycles. The topological polar surface area (TPSA) is 80.0 Å². The smallest absolute Gasteiger partial charge is 0.251 e. The van der Waals surface area contributed by atoms with Crippen LogP contribution in [0.15, 0.2) is 30.6 Å². The van der Waals surface area contributed by atoms with E-state index in [9.17, 15) is 4.79 Å². The van der Waals surface area contributed by atoms with Crippen molar-refractivity contribution >= 4 is 5.91 Å². The molecule has 0 saturated carbocycles. The van der Waals surface area contributed by atoms with Gasteiger partial charge in [0.1, 0.15) is 6.33 Å². The minimum Gasteiger partial charge on any atom is -0.396 e. The molecule has 0 bridgehead atoms. The Morgan fingerprint density at radius 3 is 2.64 bits per heavy atom. The van der Waals surface area contributed by atoms with E-state index in [1.54, 1.807) is 23.1 Å². The van der Waals surface area contributed by atoms with Crippen molar-refractivity contribution in [1.82, 2.24) is 20.1 Å². The molecule has 6 heteroatoms. The minimum absolute atomic E-state index is 0.100. The third kappa shape index (κ3) is 4.14. The fraction of sp³-hybridized carbons (Fsp3) is 0.438. The Bertz CT molecular complexity index is 607. The van der Waals surface area contributed by atoms with Crippen molar-refractivity contribution in [3.8, 4) is 11.4 Å². The Morgan fingerprint density at radius 2 is 2.09 bits per heavy atom. The average molecular weight is 302 g/mol. The number of hydrogen-bond acceptors (Lipinski definition) is 4. The number of hydrogen-bond donors (Lipinski definition) is 2. The van der Waals surface area contributed by atoms with Gasteiger partial charge in [0, 0.05) is 31.3 Å². The zero-order valence-corrected chi connectivity index (χ0v) is 13.0. The molecule has 0 saturated heterocycles. The normalized spacial score (nSPS) is 12.1. The molecule has 0 radical (unpaired) electrons. The summed E-state index contributed by atoms with van der Waals surface area (Å²) in [5.41, 5.74) is 1.49. The Morgan fingerprint density at radius 1 is 1.36 bits per heavy atom. The van der Waals surface area contributed by atoms with Gasteiger partial charge in [0.2, 0.25) is 0 Å². The van der Waals surface area contributed by atoms with Gasteiger partial charge in [-0.05, 0) is 24.5 Å². The number of carbonyl (C=O) groups excluding carboxylic acids is 1. The average Bonchev–Trinajstić information content (AvgIpc) is 2.97. The number of aliphatic hydroxyl groups is 1. The van der Waals surface area contributed by atoms with E-state index in [4.69, 9.17) is 5.11 Å². The predicted octanol–water partition coefficient (Wildman–Crippen LogP) is 1.62. The van der Waals surface area contributed by atoms with E-state index in [0.29, 0.717) is 30.3 Å². The maximum Gasteiger partial charge on any atom is 0.251 e. The third-order valence-corrected chi connectivity index (χ3v) is 3.67. The molecule has 1 atom stereocenters. The molecule has 2 N–H and O–H groups in total. The molecule has 1 heterocycles. The van der Waals surface area contributed by atoms with Crippen molar-refractivity contribution in [2.24, 2.45) is 13.0 Å². The van der Waals surface area contributed by atoms with Crippen molar-refractivity contribution in [3.05, 3.63) is 36.2 Å². The van der Waals surface area contributed by atoms with Crippen LogP contribution in [-0.4, -0.2) is 38.9 Å². The van der Waals surface area contributed by atoms with Gasteiger partial charge >= 0.3 is 0 Å². The van der Waals surface area contributed by atoms with E-state index >= 15 is 0 Å². The summed E-state index contributed by atoms with van der Waals surface area (Å²) < 4.78 is 1.64. The van der Waals surface area contributed by atoms with Crippen molar-refractivity contribution in [2.75, 3.05) is 13.2 Å². The highest BCUT2D eigenvalue weighted by atomic mass is 16.3. The number of benzene rings is 1. The van der Waals surface area contributed by atoms with E-state index in [2.05, 4.69) is 22.3 Å². The molecular weight excluding hydrogens is 280 g/mol. The number of nitrogens with zero attached hydrogens (tertiary/aromatic N) is 3. The zero-order valence-electron chi connectivity index (χ0n) is 13.0. The summed E-state index contributed by atoms with van der Waals surface area (Å²) in [4.78, 5) is 16.3. The second-order valence-electron chi connectivity index (χ2n) is 5.32. The lowest BCUT2D eigenvalue weighted by Crippen LogP contribution is -2.29. The summed E-state index contributed by atoms with van der Waals surface area (Å²) in [7, 11) is 1.81. The Balaban J connectivity index is 1.96. The van der Waals surface area contributed by atoms with Gasteiger partial charge in [0.15, 0.2) is 5.82 Å². The van der Waals surface area contributed by atoms with Crippen LogP contribution >= 0.6 is 0 Å². The van der Waals surface area contributed by atoms with Crippen LogP contribution in [-0.2, 0) is 7.05 Å². The second-order valence-corrected chi connectivity index (χ2v) is 5.32. The first-order valence-corrected chi connectivity index (χ1v) is 7.49. The highest BCUT2D eigenvalue weighted by Gasteiger charge is 2.10. The molecule has 2 rings (SSSR count). The van der Waals surface area contributed by atoms with Gasteiger partial charge in [0.25, 0.3) is 5.91 Å². The van der Waals surface area contributed by atoms with Crippen LogP contribution in [0.2, 0.25) is 0 Å². The lowest BCUT2D eigenvalue weighted by atomic mass is 10.0. The molecule has 6 nitrogen and oxygen atoms in total. The largest absolute Gasteiger partial charge is 0.396 e. The quantitative estimate of drug-likeness (QED) is 0.814. The van der Waals surface area contributed by atoms with Gasteiger partial charge < -0.3 is 10.4 Å². The first-order valence-electron chi connectivity index (χ1n) is 7.49. The van der Waals surface area contributed by atoms with Crippen LogP contribution in [0.1, 0.15) is 30.1 Å². The van der Waals surface area contributed by atoms with Crippen LogP contribution in [0.25, 0.3) is 11.4 Å². The molecule has 0 aliphatic heterocycles. The fourth-order valence-electron chi connectivity index (χ4n) is 2.21. The van der Waals surface area contributed by atoms with E-state index < -0.39 is 0 Å². The zero-order chi connectivity index (χ0) is 15.9. The lowest BCUT2D eigenvalue weighted by Gasteiger charge is -2.14. The van der Waals surface area contributed by atoms with Crippen molar-refractivity contribution in [2.45, 2.75) is 19.8 Å². The Kier molecular flexibility index (Phi) is 5.66. The molecule has 0 fully saturated rings. The number of carbonyl (C=O) groups is 1. The van der Waals surface area contributed by atoms with Gasteiger partial charge in [-0.2, -0.15) is 5.10 Å². The van der Waals surface area contributed by atoms with Crippen molar-refractivity contribution in [1.29, 1.82) is 0 Å². The van der Waals surface area contributed by atoms with Gasteiger partial charge in [-0.25, -0.2) is 4.98 Å². The first-order chi connectivity index (χ1) is 10.6. The van der Waals surface area contributed by atoms with E-state index in [-0.39, 0.29) is 12.5 Å². The number of aryl methyl sites for hydroxylation is 1. The molecule has 1 aromatic carbocycles. The number of aromatic nitrogens is 3.